The predicted octanol–water partition coefficient (Wildman–Crippen LogP) is 1.97. The van der Waals surface area contributed by atoms with Gasteiger partial charge in [0.25, 0.3) is 0 Å². The quantitative estimate of drug-likeness (QED) is 0.854. The van der Waals surface area contributed by atoms with E-state index >= 15 is 0 Å². The van der Waals surface area contributed by atoms with Gasteiger partial charge in [-0.1, -0.05) is 6.07 Å². The van der Waals surface area contributed by atoms with Crippen LogP contribution in [0.4, 0.5) is 4.39 Å². The van der Waals surface area contributed by atoms with E-state index in [1.54, 1.807) is 20.3 Å². The molecule has 17 heavy (non-hydrogen) atoms. The average molecular weight is 239 g/mol. The first kappa shape index (κ1) is 12.3. The summed E-state index contributed by atoms with van der Waals surface area (Å²) in [6, 6.07) is 3.26. The van der Waals surface area contributed by atoms with Crippen molar-refractivity contribution in [2.45, 2.75) is 24.9 Å². The first-order valence-electron chi connectivity index (χ1n) is 5.73. The van der Waals surface area contributed by atoms with Crippen LogP contribution in [0.1, 0.15) is 24.0 Å². The van der Waals surface area contributed by atoms with Crippen molar-refractivity contribution in [3.8, 4) is 5.75 Å². The molecule has 0 saturated heterocycles. The SMILES string of the molecule is COCc1c(F)ccc(C2(CN)CC2)c1OC. The van der Waals surface area contributed by atoms with Crippen molar-refractivity contribution in [1.82, 2.24) is 0 Å². The monoisotopic (exact) mass is 239 g/mol. The molecule has 2 N–H and O–H groups in total. The molecule has 2 rings (SSSR count). The highest BCUT2D eigenvalue weighted by Crippen LogP contribution is 2.51. The van der Waals surface area contributed by atoms with E-state index in [2.05, 4.69) is 0 Å². The van der Waals surface area contributed by atoms with Gasteiger partial charge in [0.2, 0.25) is 0 Å². The van der Waals surface area contributed by atoms with E-state index in [0.29, 0.717) is 17.9 Å². The van der Waals surface area contributed by atoms with Crippen LogP contribution in [-0.4, -0.2) is 20.8 Å². The number of methoxy groups -OCH3 is 2. The molecule has 0 aromatic heterocycles. The second kappa shape index (κ2) is 4.63. The lowest BCUT2D eigenvalue weighted by molar-refractivity contribution is 0.177. The van der Waals surface area contributed by atoms with E-state index in [1.807, 2.05) is 0 Å². The molecule has 1 aromatic carbocycles. The highest BCUT2D eigenvalue weighted by atomic mass is 19.1. The Hall–Kier alpha value is -1.13. The van der Waals surface area contributed by atoms with E-state index in [1.165, 1.54) is 6.07 Å². The van der Waals surface area contributed by atoms with Gasteiger partial charge in [0.1, 0.15) is 11.6 Å². The van der Waals surface area contributed by atoms with E-state index in [-0.39, 0.29) is 17.8 Å². The van der Waals surface area contributed by atoms with Gasteiger partial charge in [-0.25, -0.2) is 4.39 Å². The van der Waals surface area contributed by atoms with Gasteiger partial charge in [-0.05, 0) is 18.9 Å². The average Bonchev–Trinajstić information content (AvgIpc) is 3.12. The number of ether oxygens (including phenoxy) is 2. The van der Waals surface area contributed by atoms with E-state index in [9.17, 15) is 4.39 Å². The molecule has 0 unspecified atom stereocenters. The summed E-state index contributed by atoms with van der Waals surface area (Å²) in [7, 11) is 3.10. The highest BCUT2D eigenvalue weighted by Gasteiger charge is 2.45. The summed E-state index contributed by atoms with van der Waals surface area (Å²) in [5, 5.41) is 0. The molecule has 94 valence electrons. The lowest BCUT2D eigenvalue weighted by atomic mass is 9.93. The topological polar surface area (TPSA) is 44.5 Å². The highest BCUT2D eigenvalue weighted by molar-refractivity contribution is 5.49. The molecule has 0 aliphatic heterocycles. The predicted molar refractivity (Wildman–Crippen MR) is 63.6 cm³/mol. The van der Waals surface area contributed by atoms with Crippen LogP contribution in [0.2, 0.25) is 0 Å². The van der Waals surface area contributed by atoms with Crippen molar-refractivity contribution < 1.29 is 13.9 Å². The molecule has 0 atom stereocenters. The number of nitrogens with two attached hydrogens (primary N) is 1. The molecule has 0 spiro atoms. The Kier molecular flexibility index (Phi) is 3.35. The molecule has 0 amide bonds. The standard InChI is InChI=1S/C13H18FNO2/c1-16-7-9-11(14)4-3-10(12(9)17-2)13(8-15)5-6-13/h3-4H,5-8,15H2,1-2H3. The number of rotatable bonds is 5. The lowest BCUT2D eigenvalue weighted by Crippen LogP contribution is -2.21. The van der Waals surface area contributed by atoms with Crippen molar-refractivity contribution >= 4 is 0 Å². The summed E-state index contributed by atoms with van der Waals surface area (Å²) in [5.41, 5.74) is 7.28. The number of benzene rings is 1. The molecule has 1 aliphatic rings. The van der Waals surface area contributed by atoms with Crippen LogP contribution >= 0.6 is 0 Å². The van der Waals surface area contributed by atoms with Crippen LogP contribution in [0, 0.1) is 5.82 Å². The van der Waals surface area contributed by atoms with Crippen molar-refractivity contribution in [2.24, 2.45) is 5.73 Å². The fourth-order valence-electron chi connectivity index (χ4n) is 2.27. The van der Waals surface area contributed by atoms with Gasteiger partial charge in [-0.2, -0.15) is 0 Å². The summed E-state index contributed by atoms with van der Waals surface area (Å²) in [6.07, 6.45) is 2.08. The van der Waals surface area contributed by atoms with Gasteiger partial charge >= 0.3 is 0 Å². The minimum atomic E-state index is -0.291. The van der Waals surface area contributed by atoms with Gasteiger partial charge in [-0.15, -0.1) is 0 Å². The Morgan fingerprint density at radius 3 is 2.53 bits per heavy atom. The second-order valence-electron chi connectivity index (χ2n) is 4.52. The molecule has 0 bridgehead atoms. The maximum atomic E-state index is 13.7. The summed E-state index contributed by atoms with van der Waals surface area (Å²) in [6.45, 7) is 0.783. The summed E-state index contributed by atoms with van der Waals surface area (Å²) in [4.78, 5) is 0. The van der Waals surface area contributed by atoms with Crippen LogP contribution in [0.25, 0.3) is 0 Å². The van der Waals surface area contributed by atoms with E-state index in [0.717, 1.165) is 18.4 Å². The molecule has 4 heteroatoms. The molecule has 0 radical (unpaired) electrons. The van der Waals surface area contributed by atoms with Gasteiger partial charge < -0.3 is 15.2 Å². The fourth-order valence-corrected chi connectivity index (χ4v) is 2.27. The van der Waals surface area contributed by atoms with Gasteiger partial charge in [0.05, 0.1) is 19.3 Å². The zero-order valence-electron chi connectivity index (χ0n) is 10.3. The third-order valence-electron chi connectivity index (χ3n) is 3.51. The zero-order chi connectivity index (χ0) is 12.5. The summed E-state index contributed by atoms with van der Waals surface area (Å²) in [5.74, 6) is 0.301. The normalized spacial score (nSPS) is 16.9. The molecule has 0 heterocycles. The fraction of sp³-hybridized carbons (Fsp3) is 0.538. The molecule has 1 saturated carbocycles. The summed E-state index contributed by atoms with van der Waals surface area (Å²) >= 11 is 0. The smallest absolute Gasteiger partial charge is 0.132 e. The second-order valence-corrected chi connectivity index (χ2v) is 4.52. The van der Waals surface area contributed by atoms with E-state index < -0.39 is 0 Å². The van der Waals surface area contributed by atoms with Gasteiger partial charge in [0, 0.05) is 24.6 Å². The molecule has 3 nitrogen and oxygen atoms in total. The molecule has 1 aromatic rings. The first-order chi connectivity index (χ1) is 8.18. The minimum Gasteiger partial charge on any atom is -0.496 e. The maximum absolute atomic E-state index is 13.7. The number of halogens is 1. The van der Waals surface area contributed by atoms with Crippen LogP contribution in [-0.2, 0) is 16.8 Å². The van der Waals surface area contributed by atoms with Gasteiger partial charge in [0.15, 0.2) is 0 Å². The third kappa shape index (κ3) is 2.03. The van der Waals surface area contributed by atoms with Crippen LogP contribution in [0.3, 0.4) is 0 Å². The Morgan fingerprint density at radius 2 is 2.06 bits per heavy atom. The molecule has 1 fully saturated rings. The lowest BCUT2D eigenvalue weighted by Gasteiger charge is -2.20. The molecular formula is C13H18FNO2. The van der Waals surface area contributed by atoms with Crippen molar-refractivity contribution in [1.29, 1.82) is 0 Å². The first-order valence-corrected chi connectivity index (χ1v) is 5.73. The van der Waals surface area contributed by atoms with Crippen LogP contribution in [0.5, 0.6) is 5.75 Å². The largest absolute Gasteiger partial charge is 0.496 e. The third-order valence-corrected chi connectivity index (χ3v) is 3.51. The molecular weight excluding hydrogens is 221 g/mol. The Morgan fingerprint density at radius 1 is 1.35 bits per heavy atom. The van der Waals surface area contributed by atoms with Crippen molar-refractivity contribution in [3.05, 3.63) is 29.1 Å². The van der Waals surface area contributed by atoms with Gasteiger partial charge in [-0.3, -0.25) is 0 Å². The Balaban J connectivity index is 2.49. The number of hydrogen-bond donors (Lipinski definition) is 1. The van der Waals surface area contributed by atoms with Crippen molar-refractivity contribution in [3.63, 3.8) is 0 Å². The van der Waals surface area contributed by atoms with Crippen molar-refractivity contribution in [2.75, 3.05) is 20.8 Å². The summed E-state index contributed by atoms with van der Waals surface area (Å²) < 4.78 is 24.1. The van der Waals surface area contributed by atoms with E-state index in [4.69, 9.17) is 15.2 Å². The molecule has 1 aliphatic carbocycles. The zero-order valence-corrected chi connectivity index (χ0v) is 10.3. The maximum Gasteiger partial charge on any atom is 0.132 e. The van der Waals surface area contributed by atoms with Crippen LogP contribution < -0.4 is 10.5 Å². The Bertz CT molecular complexity index is 416. The van der Waals surface area contributed by atoms with Crippen LogP contribution in [0.15, 0.2) is 12.1 Å². The Labute approximate surface area is 101 Å². The minimum absolute atomic E-state index is 0.0124. The number of hydrogen-bond acceptors (Lipinski definition) is 3.